The van der Waals surface area contributed by atoms with Crippen LogP contribution in [0.3, 0.4) is 0 Å². The summed E-state index contributed by atoms with van der Waals surface area (Å²) in [6.07, 6.45) is 1.65. The molecule has 0 amide bonds. The number of hydrogen-bond donors (Lipinski definition) is 1. The lowest BCUT2D eigenvalue weighted by atomic mass is 9.99. The minimum Gasteiger partial charge on any atom is -0.258 e. The van der Waals surface area contributed by atoms with Gasteiger partial charge in [0.1, 0.15) is 23.8 Å². The zero-order chi connectivity index (χ0) is 19.7. The number of halogens is 3. The van der Waals surface area contributed by atoms with Crippen LogP contribution in [0.2, 0.25) is 0 Å². The molecule has 26 heavy (non-hydrogen) atoms. The molecule has 2 heterocycles. The molecule has 0 bridgehead atoms. The summed E-state index contributed by atoms with van der Waals surface area (Å²) in [5.41, 5.74) is -1.35. The second-order valence-electron chi connectivity index (χ2n) is 4.80. The normalized spacial score (nSPS) is 12.5. The van der Waals surface area contributed by atoms with E-state index in [-0.39, 0.29) is 11.4 Å². The first-order valence-electron chi connectivity index (χ1n) is 6.46. The maximum absolute atomic E-state index is 12.3. The standard InChI is InChI=1S/C12H6Cl3N4O6P/c13-12(14,15)11(26(24)25,9-3-1-7(5-16-9)18(20)21)10-4-2-8(6-17-10)19(22)23/h1-6H/p+1. The number of hydrogen-bond acceptors (Lipinski definition) is 7. The van der Waals surface area contributed by atoms with Crippen molar-refractivity contribution in [2.24, 2.45) is 0 Å². The fraction of sp³-hybridized carbons (Fsp3) is 0.167. The van der Waals surface area contributed by atoms with Gasteiger partial charge in [0.05, 0.1) is 9.85 Å². The van der Waals surface area contributed by atoms with Gasteiger partial charge in [-0.1, -0.05) is 34.8 Å². The zero-order valence-corrected chi connectivity index (χ0v) is 15.5. The highest BCUT2D eigenvalue weighted by atomic mass is 35.6. The molecule has 2 aromatic rings. The Morgan fingerprint density at radius 1 is 0.923 bits per heavy atom. The van der Waals surface area contributed by atoms with Gasteiger partial charge in [0, 0.05) is 12.1 Å². The van der Waals surface area contributed by atoms with E-state index in [4.69, 9.17) is 34.8 Å². The Kier molecular flexibility index (Phi) is 5.74. The Morgan fingerprint density at radius 2 is 1.31 bits per heavy atom. The molecule has 0 aromatic carbocycles. The molecular formula is C12H7Cl3N4O6P+. The van der Waals surface area contributed by atoms with Crippen LogP contribution in [0.5, 0.6) is 0 Å². The van der Waals surface area contributed by atoms with Gasteiger partial charge >= 0.3 is 13.2 Å². The van der Waals surface area contributed by atoms with E-state index < -0.39 is 38.2 Å². The number of rotatable bonds is 5. The van der Waals surface area contributed by atoms with Gasteiger partial charge in [-0.3, -0.25) is 20.2 Å². The van der Waals surface area contributed by atoms with E-state index in [1.807, 2.05) is 0 Å². The minimum absolute atomic E-state index is 0.284. The molecule has 2 aromatic heterocycles. The van der Waals surface area contributed by atoms with Crippen LogP contribution >= 0.6 is 42.8 Å². The van der Waals surface area contributed by atoms with Gasteiger partial charge in [0.25, 0.3) is 15.2 Å². The first kappa shape index (κ1) is 20.3. The average molecular weight is 441 g/mol. The van der Waals surface area contributed by atoms with Crippen molar-refractivity contribution in [3.8, 4) is 0 Å². The third-order valence-corrected chi connectivity index (χ3v) is 5.97. The number of nitrogens with zero attached hydrogens (tertiary/aromatic N) is 4. The van der Waals surface area contributed by atoms with Crippen molar-refractivity contribution in [2.45, 2.75) is 8.95 Å². The third kappa shape index (κ3) is 3.46. The van der Waals surface area contributed by atoms with Crippen LogP contribution < -0.4 is 0 Å². The Balaban J connectivity index is 2.76. The van der Waals surface area contributed by atoms with Gasteiger partial charge in [-0.15, -0.1) is 0 Å². The van der Waals surface area contributed by atoms with E-state index in [9.17, 15) is 29.7 Å². The van der Waals surface area contributed by atoms with Gasteiger partial charge in [-0.2, -0.15) is 4.89 Å². The van der Waals surface area contributed by atoms with Gasteiger partial charge in [-0.05, 0) is 16.7 Å². The summed E-state index contributed by atoms with van der Waals surface area (Å²) < 4.78 is 9.78. The highest BCUT2D eigenvalue weighted by Crippen LogP contribution is 2.61. The summed E-state index contributed by atoms with van der Waals surface area (Å²) in [5, 5.41) is 19.2. The molecule has 0 spiro atoms. The molecule has 0 aliphatic rings. The van der Waals surface area contributed by atoms with Crippen molar-refractivity contribution in [2.75, 3.05) is 0 Å². The molecule has 1 unspecified atom stereocenters. The topological polar surface area (TPSA) is 149 Å². The van der Waals surface area contributed by atoms with Crippen LogP contribution in [0, 0.1) is 20.2 Å². The second kappa shape index (κ2) is 7.34. The number of alkyl halides is 3. The van der Waals surface area contributed by atoms with E-state index >= 15 is 0 Å². The summed E-state index contributed by atoms with van der Waals surface area (Å²) in [4.78, 5) is 37.6. The van der Waals surface area contributed by atoms with Gasteiger partial charge in [0.2, 0.25) is 0 Å². The molecule has 0 radical (unpaired) electrons. The van der Waals surface area contributed by atoms with E-state index in [2.05, 4.69) is 9.97 Å². The molecule has 14 heteroatoms. The van der Waals surface area contributed by atoms with Crippen molar-refractivity contribution < 1.29 is 19.3 Å². The van der Waals surface area contributed by atoms with Crippen molar-refractivity contribution in [1.82, 2.24) is 9.97 Å². The van der Waals surface area contributed by atoms with Crippen molar-refractivity contribution in [1.29, 1.82) is 0 Å². The molecule has 0 aliphatic heterocycles. The summed E-state index contributed by atoms with van der Waals surface area (Å²) in [6, 6.07) is 4.12. The lowest BCUT2D eigenvalue weighted by Gasteiger charge is -2.27. The van der Waals surface area contributed by atoms with E-state index in [0.29, 0.717) is 0 Å². The maximum atomic E-state index is 12.3. The third-order valence-electron chi connectivity index (χ3n) is 3.36. The first-order chi connectivity index (χ1) is 12.0. The fourth-order valence-electron chi connectivity index (χ4n) is 2.14. The number of pyridine rings is 2. The van der Waals surface area contributed by atoms with Gasteiger partial charge in [0.15, 0.2) is 0 Å². The SMILES string of the molecule is O=[N+]([O-])c1ccc(C(c2ccc([N+](=O)[O-])cn2)([P+](=O)O)C(Cl)(Cl)Cl)nc1. The fourth-order valence-corrected chi connectivity index (χ4v) is 4.25. The quantitative estimate of drug-likeness (QED) is 0.320. The zero-order valence-electron chi connectivity index (χ0n) is 12.3. The van der Waals surface area contributed by atoms with Crippen molar-refractivity contribution >= 4 is 54.2 Å². The summed E-state index contributed by atoms with van der Waals surface area (Å²) in [6.45, 7) is 0. The Bertz CT molecular complexity index is 815. The van der Waals surface area contributed by atoms with Crippen LogP contribution in [0.4, 0.5) is 11.4 Å². The van der Waals surface area contributed by atoms with E-state index in [1.165, 1.54) is 0 Å². The van der Waals surface area contributed by atoms with E-state index in [0.717, 1.165) is 36.7 Å². The molecule has 136 valence electrons. The molecule has 0 aliphatic carbocycles. The largest absolute Gasteiger partial charge is 0.529 e. The number of aromatic nitrogens is 2. The summed E-state index contributed by atoms with van der Waals surface area (Å²) >= 11 is 17.9. The highest BCUT2D eigenvalue weighted by molar-refractivity contribution is 7.40. The molecule has 0 saturated carbocycles. The Labute approximate surface area is 160 Å². The first-order valence-corrected chi connectivity index (χ1v) is 8.81. The molecule has 2 rings (SSSR count). The second-order valence-corrected chi connectivity index (χ2v) is 8.30. The van der Waals surface area contributed by atoms with Crippen LogP contribution in [-0.4, -0.2) is 28.5 Å². The van der Waals surface area contributed by atoms with Crippen molar-refractivity contribution in [3.05, 3.63) is 68.3 Å². The molecular weight excluding hydrogens is 433 g/mol. The predicted molar refractivity (Wildman–Crippen MR) is 92.7 cm³/mol. The lowest BCUT2D eigenvalue weighted by Crippen LogP contribution is -2.39. The molecule has 0 fully saturated rings. The van der Waals surface area contributed by atoms with Crippen molar-refractivity contribution in [3.63, 3.8) is 0 Å². The molecule has 0 saturated heterocycles. The van der Waals surface area contributed by atoms with Crippen LogP contribution in [0.15, 0.2) is 36.7 Å². The monoisotopic (exact) mass is 439 g/mol. The summed E-state index contributed by atoms with van der Waals surface area (Å²) in [5.74, 6) is 0. The average Bonchev–Trinajstić information content (AvgIpc) is 2.54. The van der Waals surface area contributed by atoms with E-state index in [1.54, 1.807) is 0 Å². The number of nitro groups is 2. The van der Waals surface area contributed by atoms with Crippen LogP contribution in [0.25, 0.3) is 0 Å². The van der Waals surface area contributed by atoms with Crippen LogP contribution in [-0.2, 0) is 9.72 Å². The molecule has 1 atom stereocenters. The lowest BCUT2D eigenvalue weighted by molar-refractivity contribution is -0.385. The molecule has 1 N–H and O–H groups in total. The smallest absolute Gasteiger partial charge is 0.258 e. The maximum Gasteiger partial charge on any atom is 0.529 e. The highest BCUT2D eigenvalue weighted by Gasteiger charge is 2.69. The van der Waals surface area contributed by atoms with Gasteiger partial charge in [-0.25, -0.2) is 9.97 Å². The Morgan fingerprint density at radius 3 is 1.50 bits per heavy atom. The van der Waals surface area contributed by atoms with Crippen LogP contribution in [0.1, 0.15) is 11.4 Å². The minimum atomic E-state index is -3.35. The summed E-state index contributed by atoms with van der Waals surface area (Å²) in [7, 11) is -3.35. The Hall–Kier alpha value is -1.97. The van der Waals surface area contributed by atoms with Gasteiger partial charge < -0.3 is 0 Å². The predicted octanol–water partition coefficient (Wildman–Crippen LogP) is 3.64. The molecule has 10 nitrogen and oxygen atoms in total.